The number of aromatic nitrogens is 4. The van der Waals surface area contributed by atoms with Gasteiger partial charge in [-0.2, -0.15) is 0 Å². The SMILES string of the molecule is CC(OC(=O)c1ccc(-n2cnnn2)cc1)C(=O)NC(C)c1ccc(Cl)cc1Cl. The third-order valence-electron chi connectivity index (χ3n) is 4.16. The molecule has 3 rings (SSSR count). The number of halogens is 2. The van der Waals surface area contributed by atoms with Gasteiger partial charge in [-0.1, -0.05) is 29.3 Å². The van der Waals surface area contributed by atoms with E-state index in [9.17, 15) is 9.59 Å². The van der Waals surface area contributed by atoms with Crippen LogP contribution in [0.5, 0.6) is 0 Å². The van der Waals surface area contributed by atoms with Gasteiger partial charge < -0.3 is 10.1 Å². The van der Waals surface area contributed by atoms with Gasteiger partial charge in [0.25, 0.3) is 5.91 Å². The lowest BCUT2D eigenvalue weighted by Gasteiger charge is -2.19. The number of tetrazole rings is 1. The van der Waals surface area contributed by atoms with E-state index in [0.717, 1.165) is 0 Å². The molecular formula is C19H17Cl2N5O3. The van der Waals surface area contributed by atoms with Crippen molar-refractivity contribution in [3.05, 3.63) is 70.0 Å². The Labute approximate surface area is 176 Å². The first kappa shape index (κ1) is 20.8. The summed E-state index contributed by atoms with van der Waals surface area (Å²) in [5.41, 5.74) is 1.70. The summed E-state index contributed by atoms with van der Waals surface area (Å²) in [6, 6.07) is 11.1. The highest BCUT2D eigenvalue weighted by Gasteiger charge is 2.22. The van der Waals surface area contributed by atoms with E-state index < -0.39 is 18.0 Å². The average molecular weight is 434 g/mol. The molecule has 10 heteroatoms. The molecule has 2 aromatic carbocycles. The summed E-state index contributed by atoms with van der Waals surface area (Å²) < 4.78 is 6.72. The lowest BCUT2D eigenvalue weighted by Crippen LogP contribution is -2.37. The van der Waals surface area contributed by atoms with Crippen LogP contribution in [-0.2, 0) is 9.53 Å². The van der Waals surface area contributed by atoms with Crippen LogP contribution in [0.3, 0.4) is 0 Å². The van der Waals surface area contributed by atoms with Crippen LogP contribution < -0.4 is 5.32 Å². The molecule has 0 saturated heterocycles. The zero-order valence-electron chi connectivity index (χ0n) is 15.5. The monoisotopic (exact) mass is 433 g/mol. The molecule has 3 aromatic rings. The molecule has 0 bridgehead atoms. The highest BCUT2D eigenvalue weighted by Crippen LogP contribution is 2.26. The molecule has 0 radical (unpaired) electrons. The Bertz CT molecular complexity index is 1010. The number of carbonyl (C=O) groups is 2. The highest BCUT2D eigenvalue weighted by atomic mass is 35.5. The molecule has 2 unspecified atom stereocenters. The molecule has 0 aliphatic heterocycles. The van der Waals surface area contributed by atoms with Crippen molar-refractivity contribution in [2.24, 2.45) is 0 Å². The number of nitrogens with zero attached hydrogens (tertiary/aromatic N) is 4. The predicted molar refractivity (Wildman–Crippen MR) is 107 cm³/mol. The highest BCUT2D eigenvalue weighted by molar-refractivity contribution is 6.35. The van der Waals surface area contributed by atoms with E-state index in [-0.39, 0.29) is 6.04 Å². The van der Waals surface area contributed by atoms with Crippen molar-refractivity contribution in [2.75, 3.05) is 0 Å². The second-order valence-corrected chi connectivity index (χ2v) is 7.09. The third-order valence-corrected chi connectivity index (χ3v) is 4.72. The van der Waals surface area contributed by atoms with E-state index in [1.54, 1.807) is 49.4 Å². The fourth-order valence-electron chi connectivity index (χ4n) is 2.57. The van der Waals surface area contributed by atoms with Crippen molar-refractivity contribution < 1.29 is 14.3 Å². The molecule has 0 aliphatic rings. The Morgan fingerprint density at radius 2 is 1.83 bits per heavy atom. The predicted octanol–water partition coefficient (Wildman–Crippen LogP) is 3.39. The van der Waals surface area contributed by atoms with Gasteiger partial charge in [0.2, 0.25) is 0 Å². The summed E-state index contributed by atoms with van der Waals surface area (Å²) >= 11 is 12.1. The van der Waals surface area contributed by atoms with E-state index in [1.165, 1.54) is 17.9 Å². The molecule has 0 aliphatic carbocycles. The summed E-state index contributed by atoms with van der Waals surface area (Å²) in [5, 5.41) is 14.6. The Hall–Kier alpha value is -2.97. The van der Waals surface area contributed by atoms with Crippen LogP contribution in [0.1, 0.15) is 35.8 Å². The van der Waals surface area contributed by atoms with Crippen molar-refractivity contribution in [1.82, 2.24) is 25.5 Å². The standard InChI is InChI=1S/C19H17Cl2N5O3/c1-11(16-8-5-14(20)9-17(16)21)23-18(27)12(2)29-19(28)13-3-6-15(7-4-13)26-10-22-24-25-26/h3-12H,1-2H3,(H,23,27). The van der Waals surface area contributed by atoms with E-state index >= 15 is 0 Å². The maximum absolute atomic E-state index is 12.4. The maximum Gasteiger partial charge on any atom is 0.338 e. The first-order valence-electron chi connectivity index (χ1n) is 8.65. The lowest BCUT2D eigenvalue weighted by molar-refractivity contribution is -0.129. The molecule has 2 atom stereocenters. The fraction of sp³-hybridized carbons (Fsp3) is 0.211. The van der Waals surface area contributed by atoms with Crippen molar-refractivity contribution in [3.8, 4) is 5.69 Å². The molecule has 29 heavy (non-hydrogen) atoms. The minimum Gasteiger partial charge on any atom is -0.449 e. The van der Waals surface area contributed by atoms with Crippen LogP contribution >= 0.6 is 23.2 Å². The average Bonchev–Trinajstić information content (AvgIpc) is 3.22. The second kappa shape index (κ2) is 9.02. The van der Waals surface area contributed by atoms with Gasteiger partial charge in [-0.15, -0.1) is 5.10 Å². The fourth-order valence-corrected chi connectivity index (χ4v) is 3.15. The van der Waals surface area contributed by atoms with Gasteiger partial charge in [0.1, 0.15) is 6.33 Å². The smallest absolute Gasteiger partial charge is 0.338 e. The minimum atomic E-state index is -0.991. The number of esters is 1. The van der Waals surface area contributed by atoms with Crippen molar-refractivity contribution in [2.45, 2.75) is 26.0 Å². The summed E-state index contributed by atoms with van der Waals surface area (Å²) in [7, 11) is 0. The largest absolute Gasteiger partial charge is 0.449 e. The summed E-state index contributed by atoms with van der Waals surface area (Å²) in [4.78, 5) is 24.7. The zero-order chi connectivity index (χ0) is 21.0. The Morgan fingerprint density at radius 3 is 2.45 bits per heavy atom. The quantitative estimate of drug-likeness (QED) is 0.598. The molecule has 0 saturated carbocycles. The van der Waals surface area contributed by atoms with Gasteiger partial charge in [0.15, 0.2) is 6.10 Å². The number of carbonyl (C=O) groups excluding carboxylic acids is 2. The van der Waals surface area contributed by atoms with Crippen LogP contribution in [0.4, 0.5) is 0 Å². The van der Waals surface area contributed by atoms with Gasteiger partial charge in [-0.3, -0.25) is 4.79 Å². The Balaban J connectivity index is 1.59. The molecule has 150 valence electrons. The van der Waals surface area contributed by atoms with E-state index in [1.807, 2.05) is 0 Å². The van der Waals surface area contributed by atoms with Crippen molar-refractivity contribution in [1.29, 1.82) is 0 Å². The lowest BCUT2D eigenvalue weighted by atomic mass is 10.1. The molecular weight excluding hydrogens is 417 g/mol. The van der Waals surface area contributed by atoms with Crippen molar-refractivity contribution in [3.63, 3.8) is 0 Å². The molecule has 1 heterocycles. The van der Waals surface area contributed by atoms with Crippen LogP contribution in [0.15, 0.2) is 48.8 Å². The van der Waals surface area contributed by atoms with Crippen LogP contribution in [0.2, 0.25) is 10.0 Å². The number of hydrogen-bond donors (Lipinski definition) is 1. The van der Waals surface area contributed by atoms with Gasteiger partial charge in [0, 0.05) is 10.0 Å². The molecule has 8 nitrogen and oxygen atoms in total. The van der Waals surface area contributed by atoms with E-state index in [2.05, 4.69) is 20.8 Å². The number of hydrogen-bond acceptors (Lipinski definition) is 6. The van der Waals surface area contributed by atoms with E-state index in [4.69, 9.17) is 27.9 Å². The minimum absolute atomic E-state index is 0.301. The van der Waals surface area contributed by atoms with E-state index in [0.29, 0.717) is 26.9 Å². The van der Waals surface area contributed by atoms with Crippen molar-refractivity contribution >= 4 is 35.1 Å². The third kappa shape index (κ3) is 5.10. The van der Waals surface area contributed by atoms with Crippen LogP contribution in [0, 0.1) is 0 Å². The normalized spacial score (nSPS) is 12.8. The summed E-state index contributed by atoms with van der Waals surface area (Å²) in [5.74, 6) is -1.06. The molecule has 1 amide bonds. The summed E-state index contributed by atoms with van der Waals surface area (Å²) in [6.07, 6.45) is 0.448. The molecule has 1 aromatic heterocycles. The first-order chi connectivity index (χ1) is 13.8. The van der Waals surface area contributed by atoms with Gasteiger partial charge >= 0.3 is 5.97 Å². The Kier molecular flexibility index (Phi) is 6.46. The van der Waals surface area contributed by atoms with Gasteiger partial charge in [-0.25, -0.2) is 9.48 Å². The number of nitrogens with one attached hydrogen (secondary N) is 1. The number of rotatable bonds is 6. The first-order valence-corrected chi connectivity index (χ1v) is 9.40. The van der Waals surface area contributed by atoms with Crippen LogP contribution in [-0.4, -0.2) is 38.2 Å². The molecule has 0 spiro atoms. The zero-order valence-corrected chi connectivity index (χ0v) is 17.1. The van der Waals surface area contributed by atoms with Crippen LogP contribution in [0.25, 0.3) is 5.69 Å². The maximum atomic E-state index is 12.4. The topological polar surface area (TPSA) is 99.0 Å². The van der Waals surface area contributed by atoms with Gasteiger partial charge in [-0.05, 0) is 66.2 Å². The number of ether oxygens (including phenoxy) is 1. The van der Waals surface area contributed by atoms with Gasteiger partial charge in [0.05, 0.1) is 17.3 Å². The second-order valence-electron chi connectivity index (χ2n) is 6.24. The molecule has 0 fully saturated rings. The number of amides is 1. The molecule has 1 N–H and O–H groups in total. The Morgan fingerprint density at radius 1 is 1.10 bits per heavy atom. The number of benzene rings is 2. The summed E-state index contributed by atoms with van der Waals surface area (Å²) in [6.45, 7) is 3.28.